The zero-order valence-electron chi connectivity index (χ0n) is 13.6. The minimum Gasteiger partial charge on any atom is -0.371 e. The van der Waals surface area contributed by atoms with E-state index in [9.17, 15) is 9.18 Å². The van der Waals surface area contributed by atoms with Crippen molar-refractivity contribution in [3.63, 3.8) is 0 Å². The predicted molar refractivity (Wildman–Crippen MR) is 87.0 cm³/mol. The van der Waals surface area contributed by atoms with Gasteiger partial charge in [0.05, 0.1) is 17.6 Å². The van der Waals surface area contributed by atoms with Gasteiger partial charge in [0.1, 0.15) is 17.9 Å². The molecule has 1 saturated carbocycles. The standard InChI is InChI=1S/C18H20FN3O/c1-12-17(9-20-13(2)21-12)22(3)11-18(8-15(18)10-23)14-5-4-6-16(19)7-14/h4-7,9-10,15H,8,11H2,1-3H3/t15-,18+/m0/s1. The van der Waals surface area contributed by atoms with Crippen LogP contribution >= 0.6 is 0 Å². The van der Waals surface area contributed by atoms with Crippen molar-refractivity contribution in [3.05, 3.63) is 53.4 Å². The summed E-state index contributed by atoms with van der Waals surface area (Å²) < 4.78 is 13.6. The number of carbonyl (C=O) groups excluding carboxylic acids is 1. The van der Waals surface area contributed by atoms with E-state index in [1.54, 1.807) is 12.3 Å². The number of benzene rings is 1. The third kappa shape index (κ3) is 2.83. The normalized spacial score (nSPS) is 22.7. The fraction of sp³-hybridized carbons (Fsp3) is 0.389. The Labute approximate surface area is 135 Å². The highest BCUT2D eigenvalue weighted by Crippen LogP contribution is 2.54. The summed E-state index contributed by atoms with van der Waals surface area (Å²) in [5, 5.41) is 0. The monoisotopic (exact) mass is 313 g/mol. The van der Waals surface area contributed by atoms with Crippen molar-refractivity contribution in [1.29, 1.82) is 0 Å². The molecule has 0 unspecified atom stereocenters. The summed E-state index contributed by atoms with van der Waals surface area (Å²) in [5.41, 5.74) is 2.39. The first-order chi connectivity index (χ1) is 11.0. The second-order valence-corrected chi connectivity index (χ2v) is 6.36. The molecule has 0 bridgehead atoms. The Balaban J connectivity index is 1.90. The Hall–Kier alpha value is -2.30. The molecule has 1 aliphatic carbocycles. The van der Waals surface area contributed by atoms with Crippen LogP contribution in [0.5, 0.6) is 0 Å². The van der Waals surface area contributed by atoms with E-state index in [0.717, 1.165) is 35.5 Å². The van der Waals surface area contributed by atoms with E-state index in [-0.39, 0.29) is 17.2 Å². The van der Waals surface area contributed by atoms with Gasteiger partial charge in [-0.3, -0.25) is 0 Å². The van der Waals surface area contributed by atoms with Gasteiger partial charge in [0.15, 0.2) is 0 Å². The number of rotatable bonds is 5. The molecule has 1 heterocycles. The molecule has 0 aliphatic heterocycles. The molecule has 0 N–H and O–H groups in total. The van der Waals surface area contributed by atoms with Crippen molar-refractivity contribution in [2.75, 3.05) is 18.5 Å². The van der Waals surface area contributed by atoms with Crippen molar-refractivity contribution in [1.82, 2.24) is 9.97 Å². The van der Waals surface area contributed by atoms with Crippen LogP contribution in [0.1, 0.15) is 23.5 Å². The second-order valence-electron chi connectivity index (χ2n) is 6.36. The lowest BCUT2D eigenvalue weighted by Gasteiger charge is -2.27. The maximum absolute atomic E-state index is 13.6. The molecule has 0 radical (unpaired) electrons. The number of nitrogens with zero attached hydrogens (tertiary/aromatic N) is 3. The van der Waals surface area contributed by atoms with Gasteiger partial charge in [-0.2, -0.15) is 0 Å². The highest BCUT2D eigenvalue weighted by atomic mass is 19.1. The van der Waals surface area contributed by atoms with Crippen molar-refractivity contribution < 1.29 is 9.18 Å². The summed E-state index contributed by atoms with van der Waals surface area (Å²) in [6, 6.07) is 6.57. The molecule has 0 spiro atoms. The lowest BCUT2D eigenvalue weighted by Crippen LogP contribution is -2.31. The van der Waals surface area contributed by atoms with Gasteiger partial charge in [-0.1, -0.05) is 12.1 Å². The Morgan fingerprint density at radius 3 is 2.83 bits per heavy atom. The summed E-state index contributed by atoms with van der Waals surface area (Å²) >= 11 is 0. The van der Waals surface area contributed by atoms with Gasteiger partial charge < -0.3 is 9.69 Å². The fourth-order valence-electron chi connectivity index (χ4n) is 3.38. The van der Waals surface area contributed by atoms with E-state index < -0.39 is 0 Å². The lowest BCUT2D eigenvalue weighted by atomic mass is 9.92. The van der Waals surface area contributed by atoms with Crippen LogP contribution in [-0.2, 0) is 10.2 Å². The largest absolute Gasteiger partial charge is 0.371 e. The first kappa shape index (κ1) is 15.6. The minimum atomic E-state index is -0.323. The van der Waals surface area contributed by atoms with Crippen molar-refractivity contribution in [2.45, 2.75) is 25.7 Å². The number of aromatic nitrogens is 2. The zero-order chi connectivity index (χ0) is 16.6. The maximum atomic E-state index is 13.6. The van der Waals surface area contributed by atoms with Crippen LogP contribution in [0.4, 0.5) is 10.1 Å². The van der Waals surface area contributed by atoms with Gasteiger partial charge in [-0.05, 0) is 38.0 Å². The lowest BCUT2D eigenvalue weighted by molar-refractivity contribution is -0.109. The van der Waals surface area contributed by atoms with Crippen LogP contribution in [0.25, 0.3) is 0 Å². The van der Waals surface area contributed by atoms with Crippen LogP contribution in [-0.4, -0.2) is 29.8 Å². The summed E-state index contributed by atoms with van der Waals surface area (Å²) in [4.78, 5) is 22.0. The van der Waals surface area contributed by atoms with Crippen LogP contribution in [0, 0.1) is 25.6 Å². The zero-order valence-corrected chi connectivity index (χ0v) is 13.6. The Morgan fingerprint density at radius 1 is 1.43 bits per heavy atom. The topological polar surface area (TPSA) is 46.1 Å². The Bertz CT molecular complexity index is 749. The average Bonchev–Trinajstić information content (AvgIpc) is 3.21. The van der Waals surface area contributed by atoms with E-state index in [0.29, 0.717) is 6.54 Å². The highest BCUT2D eigenvalue weighted by molar-refractivity contribution is 5.66. The predicted octanol–water partition coefficient (Wildman–Crippen LogP) is 2.83. The number of halogens is 1. The molecule has 0 saturated heterocycles. The molecule has 2 atom stereocenters. The molecule has 120 valence electrons. The first-order valence-corrected chi connectivity index (χ1v) is 7.69. The first-order valence-electron chi connectivity index (χ1n) is 7.69. The van der Waals surface area contributed by atoms with Crippen molar-refractivity contribution in [3.8, 4) is 0 Å². The van der Waals surface area contributed by atoms with Crippen LogP contribution in [0.15, 0.2) is 30.5 Å². The molecule has 1 aromatic carbocycles. The molecule has 1 aromatic heterocycles. The molecule has 23 heavy (non-hydrogen) atoms. The summed E-state index contributed by atoms with van der Waals surface area (Å²) in [6.07, 6.45) is 3.53. The van der Waals surface area contributed by atoms with Crippen molar-refractivity contribution >= 4 is 12.0 Å². The summed E-state index contributed by atoms with van der Waals surface area (Å²) in [7, 11) is 1.96. The third-order valence-electron chi connectivity index (χ3n) is 4.70. The number of aldehydes is 1. The smallest absolute Gasteiger partial charge is 0.125 e. The van der Waals surface area contributed by atoms with Gasteiger partial charge >= 0.3 is 0 Å². The number of hydrogen-bond acceptors (Lipinski definition) is 4. The van der Waals surface area contributed by atoms with E-state index in [4.69, 9.17) is 0 Å². The number of likely N-dealkylation sites (N-methyl/N-ethyl adjacent to an activating group) is 1. The number of hydrogen-bond donors (Lipinski definition) is 0. The molecule has 3 rings (SSSR count). The minimum absolute atomic E-state index is 0.0709. The second kappa shape index (κ2) is 5.72. The molecule has 4 nitrogen and oxygen atoms in total. The summed E-state index contributed by atoms with van der Waals surface area (Å²) in [5.74, 6) is 0.394. The molecule has 1 fully saturated rings. The van der Waals surface area contributed by atoms with Crippen LogP contribution in [0.2, 0.25) is 0 Å². The van der Waals surface area contributed by atoms with E-state index in [1.165, 1.54) is 12.1 Å². The number of anilines is 1. The SMILES string of the molecule is Cc1ncc(N(C)C[C@@]2(c3cccc(F)c3)C[C@H]2C=O)c(C)n1. The molecule has 0 amide bonds. The van der Waals surface area contributed by atoms with Crippen molar-refractivity contribution in [2.24, 2.45) is 5.92 Å². The quantitative estimate of drug-likeness (QED) is 0.796. The fourth-order valence-corrected chi connectivity index (χ4v) is 3.38. The molecular weight excluding hydrogens is 293 g/mol. The summed E-state index contributed by atoms with van der Waals surface area (Å²) in [6.45, 7) is 4.43. The molecule has 1 aliphatic rings. The van der Waals surface area contributed by atoms with Gasteiger partial charge in [0.25, 0.3) is 0 Å². The molecule has 2 aromatic rings. The van der Waals surface area contributed by atoms with Gasteiger partial charge in [0.2, 0.25) is 0 Å². The third-order valence-corrected chi connectivity index (χ3v) is 4.70. The van der Waals surface area contributed by atoms with E-state index in [1.807, 2.05) is 27.0 Å². The molecule has 5 heteroatoms. The highest BCUT2D eigenvalue weighted by Gasteiger charge is 2.56. The van der Waals surface area contributed by atoms with E-state index >= 15 is 0 Å². The van der Waals surface area contributed by atoms with E-state index in [2.05, 4.69) is 14.9 Å². The van der Waals surface area contributed by atoms with Crippen LogP contribution < -0.4 is 4.90 Å². The Kier molecular flexibility index (Phi) is 3.88. The van der Waals surface area contributed by atoms with Gasteiger partial charge in [-0.25, -0.2) is 14.4 Å². The Morgan fingerprint density at radius 2 is 2.22 bits per heavy atom. The maximum Gasteiger partial charge on any atom is 0.125 e. The average molecular weight is 313 g/mol. The number of aryl methyl sites for hydroxylation is 2. The number of carbonyl (C=O) groups is 1. The van der Waals surface area contributed by atoms with Crippen LogP contribution in [0.3, 0.4) is 0 Å². The molecular formula is C18H20FN3O. The van der Waals surface area contributed by atoms with Gasteiger partial charge in [-0.15, -0.1) is 0 Å². The van der Waals surface area contributed by atoms with Gasteiger partial charge in [0, 0.05) is 24.9 Å².